The molecule has 2 rings (SSSR count). The van der Waals surface area contributed by atoms with Gasteiger partial charge in [0.1, 0.15) is 0 Å². The normalized spacial score (nSPS) is 18.1. The highest BCUT2D eigenvalue weighted by atomic mass is 16.5. The zero-order valence-corrected chi connectivity index (χ0v) is 12.5. The maximum absolute atomic E-state index is 5.69. The van der Waals surface area contributed by atoms with Crippen LogP contribution in [0.4, 0.5) is 5.95 Å². The average molecular weight is 279 g/mol. The van der Waals surface area contributed by atoms with E-state index >= 15 is 0 Å². The summed E-state index contributed by atoms with van der Waals surface area (Å²) in [6.07, 6.45) is 3.98. The third kappa shape index (κ3) is 3.58. The first kappa shape index (κ1) is 15.0. The molecule has 112 valence electrons. The second kappa shape index (κ2) is 7.40. The van der Waals surface area contributed by atoms with Gasteiger partial charge in [0.25, 0.3) is 0 Å². The van der Waals surface area contributed by atoms with Crippen molar-refractivity contribution in [2.24, 2.45) is 5.73 Å². The minimum Gasteiger partial charge on any atom is -0.481 e. The van der Waals surface area contributed by atoms with Crippen molar-refractivity contribution in [1.29, 1.82) is 0 Å². The Morgan fingerprint density at radius 1 is 1.35 bits per heavy atom. The van der Waals surface area contributed by atoms with Gasteiger partial charge in [0, 0.05) is 44.5 Å². The van der Waals surface area contributed by atoms with Gasteiger partial charge in [0.15, 0.2) is 0 Å². The Morgan fingerprint density at radius 3 is 2.70 bits per heavy atom. The Balaban J connectivity index is 1.93. The van der Waals surface area contributed by atoms with E-state index in [2.05, 4.69) is 26.7 Å². The highest BCUT2D eigenvalue weighted by molar-refractivity contribution is 5.32. The van der Waals surface area contributed by atoms with Crippen LogP contribution in [0.5, 0.6) is 5.88 Å². The fraction of sp³-hybridized carbons (Fsp3) is 0.714. The van der Waals surface area contributed by atoms with E-state index in [1.54, 1.807) is 19.4 Å². The molecule has 2 heterocycles. The lowest BCUT2D eigenvalue weighted by molar-refractivity contribution is 0.172. The smallest absolute Gasteiger partial charge is 0.228 e. The lowest BCUT2D eigenvalue weighted by Crippen LogP contribution is -2.51. The predicted octanol–water partition coefficient (Wildman–Crippen LogP) is 0.735. The van der Waals surface area contributed by atoms with Gasteiger partial charge in [0.2, 0.25) is 11.8 Å². The second-order valence-corrected chi connectivity index (χ2v) is 5.06. The molecule has 1 saturated heterocycles. The van der Waals surface area contributed by atoms with E-state index in [0.29, 0.717) is 11.9 Å². The number of ether oxygens (including phenoxy) is 1. The predicted molar refractivity (Wildman–Crippen MR) is 80.1 cm³/mol. The Kier molecular flexibility index (Phi) is 5.55. The zero-order valence-electron chi connectivity index (χ0n) is 12.5. The van der Waals surface area contributed by atoms with Crippen molar-refractivity contribution in [3.05, 3.63) is 12.3 Å². The topological polar surface area (TPSA) is 67.5 Å². The van der Waals surface area contributed by atoms with Gasteiger partial charge in [-0.3, -0.25) is 4.90 Å². The molecule has 0 saturated carbocycles. The summed E-state index contributed by atoms with van der Waals surface area (Å²) in [4.78, 5) is 13.5. The molecular weight excluding hydrogens is 254 g/mol. The molecule has 1 atom stereocenters. The third-order valence-electron chi connectivity index (χ3n) is 3.91. The standard InChI is InChI=1S/C14H25N5O/c1-3-12(4-6-15)18-8-10-19(11-9-18)14-16-7-5-13(17-14)20-2/h5,7,12H,3-4,6,8-11,15H2,1-2H3. The SMILES string of the molecule is CCC(CCN)N1CCN(c2nccc(OC)n2)CC1. The van der Waals surface area contributed by atoms with E-state index in [0.717, 1.165) is 51.5 Å². The van der Waals surface area contributed by atoms with Gasteiger partial charge in [-0.15, -0.1) is 0 Å². The number of nitrogens with two attached hydrogens (primary N) is 1. The van der Waals surface area contributed by atoms with Gasteiger partial charge in [0.05, 0.1) is 7.11 Å². The highest BCUT2D eigenvalue weighted by Gasteiger charge is 2.23. The number of hydrogen-bond donors (Lipinski definition) is 1. The van der Waals surface area contributed by atoms with Crippen molar-refractivity contribution in [1.82, 2.24) is 14.9 Å². The van der Waals surface area contributed by atoms with Crippen molar-refractivity contribution in [2.45, 2.75) is 25.8 Å². The highest BCUT2D eigenvalue weighted by Crippen LogP contribution is 2.17. The Hall–Kier alpha value is -1.40. The summed E-state index contributed by atoms with van der Waals surface area (Å²) < 4.78 is 5.15. The van der Waals surface area contributed by atoms with Crippen molar-refractivity contribution < 1.29 is 4.74 Å². The Morgan fingerprint density at radius 2 is 2.10 bits per heavy atom. The fourth-order valence-corrected chi connectivity index (χ4v) is 2.72. The van der Waals surface area contributed by atoms with Crippen LogP contribution in [-0.4, -0.2) is 60.7 Å². The van der Waals surface area contributed by atoms with Crippen LogP contribution in [0.15, 0.2) is 12.3 Å². The summed E-state index contributed by atoms with van der Waals surface area (Å²) in [6, 6.07) is 2.38. The zero-order chi connectivity index (χ0) is 14.4. The van der Waals surface area contributed by atoms with Gasteiger partial charge in [-0.05, 0) is 19.4 Å². The van der Waals surface area contributed by atoms with Crippen molar-refractivity contribution in [3.63, 3.8) is 0 Å². The largest absolute Gasteiger partial charge is 0.481 e. The molecule has 0 amide bonds. The number of aromatic nitrogens is 2. The van der Waals surface area contributed by atoms with Crippen LogP contribution in [-0.2, 0) is 0 Å². The summed E-state index contributed by atoms with van der Waals surface area (Å²) in [7, 11) is 1.63. The Labute approximate surface area is 120 Å². The quantitative estimate of drug-likeness (QED) is 0.828. The Bertz CT molecular complexity index is 406. The molecule has 6 nitrogen and oxygen atoms in total. The van der Waals surface area contributed by atoms with Crippen molar-refractivity contribution >= 4 is 5.95 Å². The van der Waals surface area contributed by atoms with Crippen LogP contribution in [0.1, 0.15) is 19.8 Å². The second-order valence-electron chi connectivity index (χ2n) is 5.06. The fourth-order valence-electron chi connectivity index (χ4n) is 2.72. The molecule has 1 aliphatic heterocycles. The molecule has 0 spiro atoms. The van der Waals surface area contributed by atoms with Crippen LogP contribution in [0.2, 0.25) is 0 Å². The van der Waals surface area contributed by atoms with Crippen molar-refractivity contribution in [3.8, 4) is 5.88 Å². The molecule has 1 fully saturated rings. The number of methoxy groups -OCH3 is 1. The summed E-state index contributed by atoms with van der Waals surface area (Å²) in [5.41, 5.74) is 5.69. The number of rotatable bonds is 6. The first-order valence-corrected chi connectivity index (χ1v) is 7.34. The summed E-state index contributed by atoms with van der Waals surface area (Å²) in [5, 5.41) is 0. The minimum absolute atomic E-state index is 0.605. The molecule has 0 aromatic carbocycles. The maximum atomic E-state index is 5.69. The number of nitrogens with zero attached hydrogens (tertiary/aromatic N) is 4. The van der Waals surface area contributed by atoms with Crippen LogP contribution in [0, 0.1) is 0 Å². The maximum Gasteiger partial charge on any atom is 0.228 e. The van der Waals surface area contributed by atoms with E-state index in [4.69, 9.17) is 10.5 Å². The first-order chi connectivity index (χ1) is 9.78. The number of anilines is 1. The molecule has 1 aromatic heterocycles. The van der Waals surface area contributed by atoms with E-state index in [1.807, 2.05) is 0 Å². The summed E-state index contributed by atoms with van der Waals surface area (Å²) in [6.45, 7) is 6.98. The van der Waals surface area contributed by atoms with Crippen LogP contribution in [0.3, 0.4) is 0 Å². The molecule has 20 heavy (non-hydrogen) atoms. The average Bonchev–Trinajstić information content (AvgIpc) is 2.53. The third-order valence-corrected chi connectivity index (χ3v) is 3.91. The molecule has 0 aliphatic carbocycles. The molecule has 1 aliphatic rings. The molecule has 1 aromatic rings. The van der Waals surface area contributed by atoms with Gasteiger partial charge in [-0.25, -0.2) is 4.98 Å². The molecule has 0 bridgehead atoms. The molecule has 2 N–H and O–H groups in total. The molecule has 6 heteroatoms. The van der Waals surface area contributed by atoms with E-state index in [-0.39, 0.29) is 0 Å². The van der Waals surface area contributed by atoms with Gasteiger partial charge < -0.3 is 15.4 Å². The number of piperazine rings is 1. The van der Waals surface area contributed by atoms with E-state index in [9.17, 15) is 0 Å². The molecule has 1 unspecified atom stereocenters. The molecule has 0 radical (unpaired) electrons. The van der Waals surface area contributed by atoms with Crippen LogP contribution >= 0.6 is 0 Å². The monoisotopic (exact) mass is 279 g/mol. The summed E-state index contributed by atoms with van der Waals surface area (Å²) >= 11 is 0. The van der Waals surface area contributed by atoms with E-state index < -0.39 is 0 Å². The van der Waals surface area contributed by atoms with Crippen LogP contribution < -0.4 is 15.4 Å². The number of hydrogen-bond acceptors (Lipinski definition) is 6. The van der Waals surface area contributed by atoms with Gasteiger partial charge >= 0.3 is 0 Å². The lowest BCUT2D eigenvalue weighted by Gasteiger charge is -2.39. The molecular formula is C14H25N5O. The summed E-state index contributed by atoms with van der Waals surface area (Å²) in [5.74, 6) is 1.38. The van der Waals surface area contributed by atoms with Crippen molar-refractivity contribution in [2.75, 3.05) is 44.7 Å². The first-order valence-electron chi connectivity index (χ1n) is 7.34. The van der Waals surface area contributed by atoms with Gasteiger partial charge in [-0.2, -0.15) is 4.98 Å². The van der Waals surface area contributed by atoms with E-state index in [1.165, 1.54) is 0 Å². The van der Waals surface area contributed by atoms with Crippen LogP contribution in [0.25, 0.3) is 0 Å². The minimum atomic E-state index is 0.605. The lowest BCUT2D eigenvalue weighted by atomic mass is 10.1. The van der Waals surface area contributed by atoms with Gasteiger partial charge in [-0.1, -0.05) is 6.92 Å².